The zero-order valence-electron chi connectivity index (χ0n) is 15.1. The van der Waals surface area contributed by atoms with Crippen LogP contribution in [-0.4, -0.2) is 57.6 Å². The number of halogens is 2. The van der Waals surface area contributed by atoms with Crippen LogP contribution < -0.4 is 9.80 Å². The Morgan fingerprint density at radius 3 is 2.56 bits per heavy atom. The van der Waals surface area contributed by atoms with E-state index in [1.54, 1.807) is 4.90 Å². The molecular formula is C18H22F2N2O5. The summed E-state index contributed by atoms with van der Waals surface area (Å²) in [5, 5.41) is 0. The van der Waals surface area contributed by atoms with Crippen LogP contribution in [0.2, 0.25) is 0 Å². The molecule has 0 aromatic heterocycles. The molecule has 2 heterocycles. The van der Waals surface area contributed by atoms with Gasteiger partial charge >= 0.3 is 12.1 Å². The summed E-state index contributed by atoms with van der Waals surface area (Å²) in [4.78, 5) is 26.6. The van der Waals surface area contributed by atoms with Crippen LogP contribution in [0.25, 0.3) is 0 Å². The molecule has 0 N–H and O–H groups in total. The van der Waals surface area contributed by atoms with Gasteiger partial charge in [-0.05, 0) is 6.42 Å². The fraction of sp³-hybridized carbons (Fsp3) is 0.556. The Labute approximate surface area is 155 Å². The van der Waals surface area contributed by atoms with E-state index >= 15 is 0 Å². The molecule has 1 atom stereocenters. The van der Waals surface area contributed by atoms with Crippen LogP contribution in [0.5, 0.6) is 0 Å². The highest BCUT2D eigenvalue weighted by molar-refractivity contribution is 5.94. The first-order chi connectivity index (χ1) is 13.0. The fourth-order valence-corrected chi connectivity index (χ4v) is 3.00. The third-order valence-corrected chi connectivity index (χ3v) is 4.46. The number of hydrogen-bond acceptors (Lipinski definition) is 6. The predicted molar refractivity (Wildman–Crippen MR) is 92.9 cm³/mol. The van der Waals surface area contributed by atoms with Crippen LogP contribution in [0.15, 0.2) is 12.1 Å². The lowest BCUT2D eigenvalue weighted by atomic mass is 10.2. The van der Waals surface area contributed by atoms with E-state index in [-0.39, 0.29) is 24.5 Å². The second-order valence-electron chi connectivity index (χ2n) is 6.36. The third kappa shape index (κ3) is 4.29. The molecule has 0 aliphatic carbocycles. The number of hydrogen-bond donors (Lipinski definition) is 0. The standard InChI is InChI=1S/C18H22F2N2O5/c1-2-3-6-26-17(23)15-11-22(18(24)27-15)12-9-13(19)16(14(20)10-12)21-4-7-25-8-5-21/h9-10,15H,2-8,11H2,1H3. The monoisotopic (exact) mass is 384 g/mol. The van der Waals surface area contributed by atoms with Crippen molar-refractivity contribution in [3.63, 3.8) is 0 Å². The van der Waals surface area contributed by atoms with Gasteiger partial charge in [-0.2, -0.15) is 0 Å². The number of carbonyl (C=O) groups is 2. The third-order valence-electron chi connectivity index (χ3n) is 4.46. The maximum absolute atomic E-state index is 14.5. The quantitative estimate of drug-likeness (QED) is 0.555. The Kier molecular flexibility index (Phi) is 6.10. The summed E-state index contributed by atoms with van der Waals surface area (Å²) in [7, 11) is 0. The number of anilines is 2. The van der Waals surface area contributed by atoms with Crippen molar-refractivity contribution in [2.24, 2.45) is 0 Å². The Bertz CT molecular complexity index is 686. The zero-order chi connectivity index (χ0) is 19.4. The van der Waals surface area contributed by atoms with Gasteiger partial charge in [0.05, 0.1) is 32.1 Å². The number of rotatable bonds is 6. The number of amides is 1. The van der Waals surface area contributed by atoms with Gasteiger partial charge in [0.25, 0.3) is 0 Å². The van der Waals surface area contributed by atoms with Crippen LogP contribution in [-0.2, 0) is 19.0 Å². The lowest BCUT2D eigenvalue weighted by Crippen LogP contribution is -2.37. The predicted octanol–water partition coefficient (Wildman–Crippen LogP) is 2.47. The van der Waals surface area contributed by atoms with Gasteiger partial charge in [-0.25, -0.2) is 18.4 Å². The van der Waals surface area contributed by atoms with Crippen molar-refractivity contribution in [2.75, 3.05) is 49.3 Å². The molecule has 1 amide bonds. The summed E-state index contributed by atoms with van der Waals surface area (Å²) >= 11 is 0. The molecule has 148 valence electrons. The molecule has 3 rings (SSSR count). The van der Waals surface area contributed by atoms with E-state index < -0.39 is 29.8 Å². The molecule has 2 aliphatic rings. The maximum Gasteiger partial charge on any atom is 0.415 e. The van der Waals surface area contributed by atoms with Crippen LogP contribution in [0.4, 0.5) is 25.0 Å². The summed E-state index contributed by atoms with van der Waals surface area (Å²) in [5.74, 6) is -2.23. The molecule has 2 saturated heterocycles. The molecule has 1 aromatic rings. The van der Waals surface area contributed by atoms with Crippen molar-refractivity contribution in [3.8, 4) is 0 Å². The highest BCUT2D eigenvalue weighted by Crippen LogP contribution is 2.31. The highest BCUT2D eigenvalue weighted by Gasteiger charge is 2.38. The molecule has 1 unspecified atom stereocenters. The van der Waals surface area contributed by atoms with Crippen molar-refractivity contribution in [2.45, 2.75) is 25.9 Å². The zero-order valence-corrected chi connectivity index (χ0v) is 15.1. The van der Waals surface area contributed by atoms with Gasteiger partial charge in [0.2, 0.25) is 6.10 Å². The Balaban J connectivity index is 1.72. The molecular weight excluding hydrogens is 362 g/mol. The Morgan fingerprint density at radius 1 is 1.26 bits per heavy atom. The smallest absolute Gasteiger partial charge is 0.415 e. The van der Waals surface area contributed by atoms with Crippen molar-refractivity contribution in [1.29, 1.82) is 0 Å². The van der Waals surface area contributed by atoms with Crippen LogP contribution in [0.1, 0.15) is 19.8 Å². The largest absolute Gasteiger partial charge is 0.463 e. The van der Waals surface area contributed by atoms with Crippen molar-refractivity contribution in [3.05, 3.63) is 23.8 Å². The summed E-state index contributed by atoms with van der Waals surface area (Å²) in [6.07, 6.45) is -0.391. The van der Waals surface area contributed by atoms with E-state index in [1.165, 1.54) is 0 Å². The average Bonchev–Trinajstić information content (AvgIpc) is 3.04. The number of nitrogens with zero attached hydrogens (tertiary/aromatic N) is 2. The topological polar surface area (TPSA) is 68.3 Å². The molecule has 0 spiro atoms. The average molecular weight is 384 g/mol. The Morgan fingerprint density at radius 2 is 1.93 bits per heavy atom. The molecule has 1 aromatic carbocycles. The number of carbonyl (C=O) groups excluding carboxylic acids is 2. The molecule has 0 radical (unpaired) electrons. The Hall–Kier alpha value is -2.42. The number of benzene rings is 1. The first-order valence-electron chi connectivity index (χ1n) is 8.97. The number of ether oxygens (including phenoxy) is 3. The molecule has 2 fully saturated rings. The molecule has 0 saturated carbocycles. The van der Waals surface area contributed by atoms with E-state index in [0.29, 0.717) is 32.7 Å². The normalized spacial score (nSPS) is 20.0. The SMILES string of the molecule is CCCCOC(=O)C1CN(c2cc(F)c(N3CCOCC3)c(F)c2)C(=O)O1. The molecule has 9 heteroatoms. The number of unbranched alkanes of at least 4 members (excludes halogenated alkanes) is 1. The highest BCUT2D eigenvalue weighted by atomic mass is 19.1. The second-order valence-corrected chi connectivity index (χ2v) is 6.36. The van der Waals surface area contributed by atoms with Gasteiger partial charge in [-0.15, -0.1) is 0 Å². The van der Waals surface area contributed by atoms with E-state index in [2.05, 4.69) is 0 Å². The van der Waals surface area contributed by atoms with Crippen molar-refractivity contribution >= 4 is 23.4 Å². The van der Waals surface area contributed by atoms with Crippen LogP contribution >= 0.6 is 0 Å². The maximum atomic E-state index is 14.5. The van der Waals surface area contributed by atoms with Gasteiger partial charge < -0.3 is 19.1 Å². The van der Waals surface area contributed by atoms with Crippen LogP contribution in [0, 0.1) is 11.6 Å². The van der Waals surface area contributed by atoms with Gasteiger partial charge in [-0.3, -0.25) is 4.90 Å². The molecule has 7 nitrogen and oxygen atoms in total. The molecule has 0 bridgehead atoms. The van der Waals surface area contributed by atoms with Gasteiger partial charge in [-0.1, -0.05) is 13.3 Å². The van der Waals surface area contributed by atoms with Crippen molar-refractivity contribution in [1.82, 2.24) is 0 Å². The van der Waals surface area contributed by atoms with Gasteiger partial charge in [0.1, 0.15) is 5.69 Å². The summed E-state index contributed by atoms with van der Waals surface area (Å²) in [5.41, 5.74) is -0.152. The van der Waals surface area contributed by atoms with Crippen molar-refractivity contribution < 1.29 is 32.6 Å². The summed E-state index contributed by atoms with van der Waals surface area (Å²) in [6.45, 7) is 3.58. The molecule has 27 heavy (non-hydrogen) atoms. The lowest BCUT2D eigenvalue weighted by molar-refractivity contribution is -0.151. The first kappa shape index (κ1) is 19.3. The van der Waals surface area contributed by atoms with E-state index in [1.807, 2.05) is 6.92 Å². The van der Waals surface area contributed by atoms with Gasteiger partial charge in [0, 0.05) is 25.2 Å². The number of esters is 1. The van der Waals surface area contributed by atoms with Crippen LogP contribution in [0.3, 0.4) is 0 Å². The first-order valence-corrected chi connectivity index (χ1v) is 8.97. The molecule has 2 aliphatic heterocycles. The van der Waals surface area contributed by atoms with E-state index in [9.17, 15) is 18.4 Å². The van der Waals surface area contributed by atoms with Gasteiger partial charge in [0.15, 0.2) is 11.6 Å². The fourth-order valence-electron chi connectivity index (χ4n) is 3.00. The minimum absolute atomic E-state index is 0.00383. The number of cyclic esters (lactones) is 1. The lowest BCUT2D eigenvalue weighted by Gasteiger charge is -2.29. The number of morpholine rings is 1. The summed E-state index contributed by atoms with van der Waals surface area (Å²) in [6, 6.07) is 2.14. The summed E-state index contributed by atoms with van der Waals surface area (Å²) < 4.78 is 44.3. The van der Waals surface area contributed by atoms with E-state index in [4.69, 9.17) is 14.2 Å². The minimum atomic E-state index is -1.11. The minimum Gasteiger partial charge on any atom is -0.463 e. The second kappa shape index (κ2) is 8.51. The van der Waals surface area contributed by atoms with E-state index in [0.717, 1.165) is 23.5 Å².